The molecule has 3 aromatic rings. The number of anilines is 1. The Morgan fingerprint density at radius 1 is 0.889 bits per heavy atom. The van der Waals surface area contributed by atoms with Crippen LogP contribution in [0.15, 0.2) is 77.7 Å². The van der Waals surface area contributed by atoms with Crippen molar-refractivity contribution >= 4 is 21.6 Å². The maximum absolute atomic E-state index is 13.6. The van der Waals surface area contributed by atoms with Gasteiger partial charge in [0.15, 0.2) is 0 Å². The van der Waals surface area contributed by atoms with Gasteiger partial charge in [-0.3, -0.25) is 9.10 Å². The Bertz CT molecular complexity index is 1240. The molecule has 0 heterocycles. The summed E-state index contributed by atoms with van der Waals surface area (Å²) in [6, 6.07) is 20.7. The number of nitrogens with one attached hydrogen (secondary N) is 1. The lowest BCUT2D eigenvalue weighted by Crippen LogP contribution is -2.45. The van der Waals surface area contributed by atoms with E-state index in [1.54, 1.807) is 74.7 Å². The van der Waals surface area contributed by atoms with Crippen LogP contribution in [0.2, 0.25) is 0 Å². The molecule has 0 aliphatic carbocycles. The minimum atomic E-state index is -3.97. The van der Waals surface area contributed by atoms with Crippen LogP contribution in [-0.2, 0) is 14.8 Å². The van der Waals surface area contributed by atoms with Crippen LogP contribution in [0.1, 0.15) is 37.8 Å². The van der Waals surface area contributed by atoms with E-state index in [1.807, 2.05) is 19.1 Å². The van der Waals surface area contributed by atoms with Gasteiger partial charge in [0.2, 0.25) is 5.91 Å². The average Bonchev–Trinajstić information content (AvgIpc) is 2.86. The van der Waals surface area contributed by atoms with Crippen molar-refractivity contribution in [3.05, 3.63) is 83.9 Å². The highest BCUT2D eigenvalue weighted by Gasteiger charge is 2.27. The molecule has 0 saturated carbocycles. The summed E-state index contributed by atoms with van der Waals surface area (Å²) in [6.07, 6.45) is 0. The first kappa shape index (κ1) is 27.1. The van der Waals surface area contributed by atoms with Crippen molar-refractivity contribution in [1.29, 1.82) is 0 Å². The first-order chi connectivity index (χ1) is 17.1. The fourth-order valence-electron chi connectivity index (χ4n) is 3.56. The van der Waals surface area contributed by atoms with Crippen LogP contribution in [0.4, 0.5) is 5.69 Å². The number of methoxy groups -OCH3 is 1. The van der Waals surface area contributed by atoms with Crippen molar-refractivity contribution in [2.45, 2.75) is 44.6 Å². The second-order valence-electron chi connectivity index (χ2n) is 9.03. The predicted octanol–water partition coefficient (Wildman–Crippen LogP) is 4.91. The second kappa shape index (κ2) is 11.9. The number of ether oxygens (including phenoxy) is 2. The van der Waals surface area contributed by atoms with Crippen molar-refractivity contribution in [1.82, 2.24) is 5.32 Å². The normalized spacial score (nSPS) is 12.2. The molecular formula is C28H34N2O5S. The summed E-state index contributed by atoms with van der Waals surface area (Å²) >= 11 is 0. The van der Waals surface area contributed by atoms with E-state index in [9.17, 15) is 13.2 Å². The topological polar surface area (TPSA) is 84.9 Å². The van der Waals surface area contributed by atoms with Crippen LogP contribution in [0.25, 0.3) is 0 Å². The second-order valence-corrected chi connectivity index (χ2v) is 10.9. The molecule has 0 radical (unpaired) electrons. The summed E-state index contributed by atoms with van der Waals surface area (Å²) in [5.74, 6) is 1.24. The minimum absolute atomic E-state index is 0.129. The Balaban J connectivity index is 1.75. The first-order valence-electron chi connectivity index (χ1n) is 11.9. The summed E-state index contributed by atoms with van der Waals surface area (Å²) in [5, 5.41) is 2.84. The molecular weight excluding hydrogens is 476 g/mol. The smallest absolute Gasteiger partial charge is 0.264 e. The molecule has 1 unspecified atom stereocenters. The Hall–Kier alpha value is -3.52. The van der Waals surface area contributed by atoms with Gasteiger partial charge in [-0.25, -0.2) is 8.42 Å². The van der Waals surface area contributed by atoms with E-state index in [4.69, 9.17) is 9.47 Å². The van der Waals surface area contributed by atoms with Crippen LogP contribution in [-0.4, -0.2) is 40.6 Å². The molecule has 0 spiro atoms. The van der Waals surface area contributed by atoms with Gasteiger partial charge >= 0.3 is 0 Å². The number of nitrogens with zero attached hydrogens (tertiary/aromatic N) is 1. The zero-order valence-corrected chi connectivity index (χ0v) is 22.2. The molecule has 8 heteroatoms. The molecule has 36 heavy (non-hydrogen) atoms. The highest BCUT2D eigenvalue weighted by molar-refractivity contribution is 7.92. The molecule has 1 atom stereocenters. The van der Waals surface area contributed by atoms with Gasteiger partial charge in [-0.1, -0.05) is 43.7 Å². The summed E-state index contributed by atoms with van der Waals surface area (Å²) < 4.78 is 39.1. The number of sulfonamides is 1. The lowest BCUT2D eigenvalue weighted by atomic mass is 10.0. The van der Waals surface area contributed by atoms with Crippen molar-refractivity contribution in [3.8, 4) is 11.5 Å². The van der Waals surface area contributed by atoms with Crippen LogP contribution < -0.4 is 19.1 Å². The van der Waals surface area contributed by atoms with E-state index < -0.39 is 15.9 Å². The van der Waals surface area contributed by atoms with E-state index >= 15 is 0 Å². The van der Waals surface area contributed by atoms with Gasteiger partial charge in [0.25, 0.3) is 10.0 Å². The van der Waals surface area contributed by atoms with Gasteiger partial charge < -0.3 is 14.8 Å². The predicted molar refractivity (Wildman–Crippen MR) is 142 cm³/mol. The number of amides is 1. The van der Waals surface area contributed by atoms with Gasteiger partial charge in [-0.05, 0) is 73.9 Å². The van der Waals surface area contributed by atoms with E-state index in [-0.39, 0.29) is 24.1 Å². The molecule has 0 bridgehead atoms. The zero-order valence-electron chi connectivity index (χ0n) is 21.4. The van der Waals surface area contributed by atoms with Crippen LogP contribution >= 0.6 is 0 Å². The summed E-state index contributed by atoms with van der Waals surface area (Å²) in [6.45, 7) is 7.70. The number of benzene rings is 3. The molecule has 3 aromatic carbocycles. The Labute approximate surface area is 214 Å². The highest BCUT2D eigenvalue weighted by Crippen LogP contribution is 2.26. The minimum Gasteiger partial charge on any atom is -0.497 e. The van der Waals surface area contributed by atoms with Crippen molar-refractivity contribution in [3.63, 3.8) is 0 Å². The molecule has 0 fully saturated rings. The number of aryl methyl sites for hydroxylation is 1. The molecule has 1 amide bonds. The Morgan fingerprint density at radius 3 is 2.03 bits per heavy atom. The first-order valence-corrected chi connectivity index (χ1v) is 13.3. The molecule has 1 N–H and O–H groups in total. The molecule has 0 saturated heterocycles. The van der Waals surface area contributed by atoms with Crippen LogP contribution in [0.5, 0.6) is 11.5 Å². The third-order valence-corrected chi connectivity index (χ3v) is 7.50. The van der Waals surface area contributed by atoms with Gasteiger partial charge in [0, 0.05) is 0 Å². The quantitative estimate of drug-likeness (QED) is 0.396. The summed E-state index contributed by atoms with van der Waals surface area (Å²) in [4.78, 5) is 13.1. The number of rotatable bonds is 11. The summed E-state index contributed by atoms with van der Waals surface area (Å²) in [5.41, 5.74) is 2.46. The average molecular weight is 511 g/mol. The molecule has 0 aliphatic rings. The highest BCUT2D eigenvalue weighted by atomic mass is 32.2. The number of carbonyl (C=O) groups is 1. The van der Waals surface area contributed by atoms with E-state index in [0.29, 0.717) is 17.4 Å². The maximum atomic E-state index is 13.6. The molecule has 0 aliphatic heterocycles. The van der Waals surface area contributed by atoms with E-state index in [2.05, 4.69) is 19.2 Å². The fourth-order valence-corrected chi connectivity index (χ4v) is 4.98. The number of hydrogen-bond donors (Lipinski definition) is 1. The third kappa shape index (κ3) is 7.01. The van der Waals surface area contributed by atoms with Crippen LogP contribution in [0, 0.1) is 6.92 Å². The maximum Gasteiger partial charge on any atom is 0.264 e. The van der Waals surface area contributed by atoms with Crippen molar-refractivity contribution in [2.24, 2.45) is 0 Å². The Kier molecular flexibility index (Phi) is 8.98. The van der Waals surface area contributed by atoms with Crippen molar-refractivity contribution in [2.75, 3.05) is 24.6 Å². The standard InChI is InChI=1S/C28H34N2O5S/c1-20(2)23-8-10-24(11-9-23)30(36(32,33)27-16-6-21(3)7-17-27)18-28(31)29-22(4)19-35-26-14-12-25(34-5)13-15-26/h6-17,20,22H,18-19H2,1-5H3,(H,29,31). The van der Waals surface area contributed by atoms with Crippen LogP contribution in [0.3, 0.4) is 0 Å². The molecule has 192 valence electrons. The molecule has 7 nitrogen and oxygen atoms in total. The van der Waals surface area contributed by atoms with Gasteiger partial charge in [0.1, 0.15) is 24.7 Å². The fraction of sp³-hybridized carbons (Fsp3) is 0.321. The SMILES string of the molecule is COc1ccc(OCC(C)NC(=O)CN(c2ccc(C(C)C)cc2)S(=O)(=O)c2ccc(C)cc2)cc1. The number of carbonyl (C=O) groups excluding carboxylic acids is 1. The monoisotopic (exact) mass is 510 g/mol. The zero-order chi connectivity index (χ0) is 26.3. The van der Waals surface area contributed by atoms with Crippen molar-refractivity contribution < 1.29 is 22.7 Å². The van der Waals surface area contributed by atoms with Gasteiger partial charge in [-0.15, -0.1) is 0 Å². The Morgan fingerprint density at radius 2 is 1.47 bits per heavy atom. The largest absolute Gasteiger partial charge is 0.497 e. The lowest BCUT2D eigenvalue weighted by Gasteiger charge is -2.25. The van der Waals surface area contributed by atoms with Gasteiger partial charge in [-0.2, -0.15) is 0 Å². The molecule has 0 aromatic heterocycles. The number of hydrogen-bond acceptors (Lipinski definition) is 5. The lowest BCUT2D eigenvalue weighted by molar-refractivity contribution is -0.120. The van der Waals surface area contributed by atoms with E-state index in [1.165, 1.54) is 0 Å². The summed E-state index contributed by atoms with van der Waals surface area (Å²) in [7, 11) is -2.38. The van der Waals surface area contributed by atoms with Gasteiger partial charge in [0.05, 0.1) is 23.7 Å². The third-order valence-electron chi connectivity index (χ3n) is 5.71. The van der Waals surface area contributed by atoms with E-state index in [0.717, 1.165) is 21.2 Å². The molecule has 3 rings (SSSR count).